The van der Waals surface area contributed by atoms with E-state index in [4.69, 9.17) is 0 Å². The van der Waals surface area contributed by atoms with E-state index in [2.05, 4.69) is 277 Å². The zero-order valence-corrected chi connectivity index (χ0v) is 38.0. The smallest absolute Gasteiger partial charge is 0.0547 e. The molecule has 0 unspecified atom stereocenters. The molecule has 1 aliphatic rings. The van der Waals surface area contributed by atoms with Gasteiger partial charge in [0.2, 0.25) is 0 Å². The van der Waals surface area contributed by atoms with Gasteiger partial charge in [0.1, 0.15) is 0 Å². The number of aromatic nitrogens is 1. The lowest BCUT2D eigenvalue weighted by atomic mass is 9.81. The number of para-hydroxylation sites is 5. The van der Waals surface area contributed by atoms with Crippen LogP contribution >= 0.6 is 0 Å². The predicted octanol–water partition coefficient (Wildman–Crippen LogP) is 18.0. The summed E-state index contributed by atoms with van der Waals surface area (Å²) >= 11 is 0. The summed E-state index contributed by atoms with van der Waals surface area (Å²) in [4.78, 5) is 4.68. The maximum absolute atomic E-state index is 2.47. The monoisotopic (exact) mass is 869 g/mol. The molecule has 68 heavy (non-hydrogen) atoms. The fraction of sp³-hybridized carbons (Fsp3) is 0.0462. The maximum atomic E-state index is 2.47. The van der Waals surface area contributed by atoms with Crippen LogP contribution in [0.4, 0.5) is 34.1 Å². The molecule has 1 heterocycles. The second-order valence-corrected chi connectivity index (χ2v) is 18.5. The summed E-state index contributed by atoms with van der Waals surface area (Å²) in [6, 6.07) is 90.8. The zero-order chi connectivity index (χ0) is 45.3. The Morgan fingerprint density at radius 2 is 0.676 bits per heavy atom. The van der Waals surface area contributed by atoms with Gasteiger partial charge in [0.15, 0.2) is 0 Å². The molecule has 1 aliphatic carbocycles. The number of benzene rings is 11. The van der Waals surface area contributed by atoms with Gasteiger partial charge in [-0.2, -0.15) is 0 Å². The van der Waals surface area contributed by atoms with Crippen molar-refractivity contribution >= 4 is 66.7 Å². The molecule has 0 N–H and O–H groups in total. The Bertz CT molecular complexity index is 3700. The molecule has 0 saturated heterocycles. The lowest BCUT2D eigenvalue weighted by molar-refractivity contribution is 0.660. The SMILES string of the molecule is CC1(C)c2cc(-c3ccc4c5c3ccc3c(-c6ccc(N(c7ccccc7)c7ccccc7)cc6)ccc(c35)n4-c3ccccc3)ccc2-c2ccc(N(c3ccccc3)c3ccccc3)cc21. The number of nitrogens with zero attached hydrogens (tertiary/aromatic N) is 3. The molecule has 322 valence electrons. The van der Waals surface area contributed by atoms with E-state index in [1.54, 1.807) is 0 Å². The van der Waals surface area contributed by atoms with Gasteiger partial charge >= 0.3 is 0 Å². The van der Waals surface area contributed by atoms with Gasteiger partial charge in [-0.05, 0) is 158 Å². The maximum Gasteiger partial charge on any atom is 0.0547 e. The predicted molar refractivity (Wildman–Crippen MR) is 287 cm³/mol. The van der Waals surface area contributed by atoms with Gasteiger partial charge in [-0.25, -0.2) is 0 Å². The van der Waals surface area contributed by atoms with Crippen LogP contribution in [0.25, 0.3) is 71.6 Å². The number of fused-ring (bicyclic) bond motifs is 3. The summed E-state index contributed by atoms with van der Waals surface area (Å²) in [6.45, 7) is 4.78. The molecule has 0 radical (unpaired) electrons. The van der Waals surface area contributed by atoms with Gasteiger partial charge in [-0.15, -0.1) is 0 Å². The van der Waals surface area contributed by atoms with Gasteiger partial charge in [0.05, 0.1) is 11.0 Å². The first-order valence-corrected chi connectivity index (χ1v) is 23.6. The molecule has 0 amide bonds. The molecule has 12 aromatic rings. The highest BCUT2D eigenvalue weighted by molar-refractivity contribution is 6.28. The zero-order valence-electron chi connectivity index (χ0n) is 38.0. The van der Waals surface area contributed by atoms with Gasteiger partial charge in [0, 0.05) is 56.0 Å². The number of hydrogen-bond donors (Lipinski definition) is 0. The van der Waals surface area contributed by atoms with Crippen LogP contribution in [-0.2, 0) is 5.41 Å². The highest BCUT2D eigenvalue weighted by atomic mass is 15.1. The van der Waals surface area contributed by atoms with Gasteiger partial charge in [0.25, 0.3) is 0 Å². The Balaban J connectivity index is 0.928. The Labute approximate surface area is 397 Å². The molecule has 3 nitrogen and oxygen atoms in total. The highest BCUT2D eigenvalue weighted by Crippen LogP contribution is 2.53. The fourth-order valence-electron chi connectivity index (χ4n) is 11.1. The number of anilines is 6. The fourth-order valence-corrected chi connectivity index (χ4v) is 11.1. The normalized spacial score (nSPS) is 12.7. The third kappa shape index (κ3) is 6.27. The van der Waals surface area contributed by atoms with E-state index in [0.29, 0.717) is 0 Å². The summed E-state index contributed by atoms with van der Waals surface area (Å²) in [5.41, 5.74) is 20.4. The van der Waals surface area contributed by atoms with Crippen molar-refractivity contribution in [2.24, 2.45) is 0 Å². The van der Waals surface area contributed by atoms with Gasteiger partial charge in [-0.3, -0.25) is 0 Å². The first kappa shape index (κ1) is 39.7. The molecule has 0 bridgehead atoms. The molecule has 0 fully saturated rings. The lowest BCUT2D eigenvalue weighted by Crippen LogP contribution is -2.16. The van der Waals surface area contributed by atoms with Crippen LogP contribution < -0.4 is 9.80 Å². The van der Waals surface area contributed by atoms with E-state index in [1.807, 2.05) is 0 Å². The van der Waals surface area contributed by atoms with E-state index < -0.39 is 0 Å². The molecule has 11 aromatic carbocycles. The lowest BCUT2D eigenvalue weighted by Gasteiger charge is -2.28. The average molecular weight is 870 g/mol. The molecule has 0 spiro atoms. The van der Waals surface area contributed by atoms with Crippen molar-refractivity contribution in [3.8, 4) is 39.1 Å². The summed E-state index contributed by atoms with van der Waals surface area (Å²) in [5.74, 6) is 0. The van der Waals surface area contributed by atoms with Crippen molar-refractivity contribution in [1.29, 1.82) is 0 Å². The van der Waals surface area contributed by atoms with E-state index in [9.17, 15) is 0 Å². The second kappa shape index (κ2) is 15.8. The van der Waals surface area contributed by atoms with Crippen molar-refractivity contribution in [1.82, 2.24) is 4.57 Å². The minimum Gasteiger partial charge on any atom is -0.311 e. The summed E-state index contributed by atoms with van der Waals surface area (Å²) < 4.78 is 2.45. The standard InChI is InChI=1S/C65H47N3/c1-65(2)59-42-45(30-34-55(59)56-35-33-52(43-60(56)65)67(48-22-12-5-13-23-48)49-24-14-6-15-25-49)54-39-41-62-64-58(54)37-36-57-53(38-40-61(63(57)64)68(62)50-26-16-7-17-27-50)44-28-31-51(32-29-44)66(46-18-8-3-9-19-46)47-20-10-4-11-21-47/h3-43H,1-2H3. The first-order valence-electron chi connectivity index (χ1n) is 23.6. The average Bonchev–Trinajstić information content (AvgIpc) is 3.86. The van der Waals surface area contributed by atoms with E-state index >= 15 is 0 Å². The highest BCUT2D eigenvalue weighted by Gasteiger charge is 2.36. The molecular formula is C65H47N3. The van der Waals surface area contributed by atoms with Gasteiger partial charge in [-0.1, -0.05) is 159 Å². The third-order valence-corrected chi connectivity index (χ3v) is 14.3. The molecule has 13 rings (SSSR count). The molecule has 0 saturated carbocycles. The van der Waals surface area contributed by atoms with Crippen LogP contribution in [-0.4, -0.2) is 4.57 Å². The largest absolute Gasteiger partial charge is 0.311 e. The summed E-state index contributed by atoms with van der Waals surface area (Å²) in [5, 5.41) is 5.11. The van der Waals surface area contributed by atoms with Crippen molar-refractivity contribution in [3.05, 3.63) is 260 Å². The van der Waals surface area contributed by atoms with Crippen molar-refractivity contribution in [2.45, 2.75) is 19.3 Å². The number of hydrogen-bond acceptors (Lipinski definition) is 2. The molecule has 0 aliphatic heterocycles. The quantitative estimate of drug-likeness (QED) is 0.134. The van der Waals surface area contributed by atoms with E-state index in [0.717, 1.165) is 39.8 Å². The number of rotatable bonds is 9. The van der Waals surface area contributed by atoms with Crippen LogP contribution in [0, 0.1) is 0 Å². The minimum absolute atomic E-state index is 0.215. The van der Waals surface area contributed by atoms with E-state index in [1.165, 1.54) is 77.1 Å². The minimum atomic E-state index is -0.215. The van der Waals surface area contributed by atoms with Crippen LogP contribution in [0.5, 0.6) is 0 Å². The van der Waals surface area contributed by atoms with Crippen LogP contribution in [0.15, 0.2) is 249 Å². The van der Waals surface area contributed by atoms with Crippen LogP contribution in [0.2, 0.25) is 0 Å². The van der Waals surface area contributed by atoms with Crippen LogP contribution in [0.1, 0.15) is 25.0 Å². The molecule has 0 atom stereocenters. The first-order chi connectivity index (χ1) is 33.5. The molecule has 3 heteroatoms. The topological polar surface area (TPSA) is 11.4 Å². The Hall–Kier alpha value is -8.66. The van der Waals surface area contributed by atoms with E-state index in [-0.39, 0.29) is 5.41 Å². The molecule has 1 aromatic heterocycles. The van der Waals surface area contributed by atoms with Crippen molar-refractivity contribution in [2.75, 3.05) is 9.80 Å². The van der Waals surface area contributed by atoms with Gasteiger partial charge < -0.3 is 14.4 Å². The van der Waals surface area contributed by atoms with Crippen LogP contribution in [0.3, 0.4) is 0 Å². The molecular weight excluding hydrogens is 823 g/mol. The third-order valence-electron chi connectivity index (χ3n) is 14.3. The summed E-state index contributed by atoms with van der Waals surface area (Å²) in [7, 11) is 0. The Morgan fingerprint density at radius 3 is 1.18 bits per heavy atom. The Morgan fingerprint density at radius 1 is 0.309 bits per heavy atom. The summed E-state index contributed by atoms with van der Waals surface area (Å²) in [6.07, 6.45) is 0. The van der Waals surface area contributed by atoms with Crippen molar-refractivity contribution in [3.63, 3.8) is 0 Å². The Kier molecular flexibility index (Phi) is 9.19. The second-order valence-electron chi connectivity index (χ2n) is 18.5. The van der Waals surface area contributed by atoms with Crippen molar-refractivity contribution < 1.29 is 0 Å².